The Labute approximate surface area is 217 Å². The van der Waals surface area contributed by atoms with Crippen molar-refractivity contribution in [2.45, 2.75) is 44.9 Å². The van der Waals surface area contributed by atoms with E-state index in [1.165, 1.54) is 18.2 Å². The van der Waals surface area contributed by atoms with E-state index in [9.17, 15) is 27.6 Å². The highest BCUT2D eigenvalue weighted by atomic mass is 35.5. The molecule has 11 heteroatoms. The molecule has 0 unspecified atom stereocenters. The summed E-state index contributed by atoms with van der Waals surface area (Å²) in [7, 11) is 0. The number of hydrogen-bond donors (Lipinski definition) is 2. The summed E-state index contributed by atoms with van der Waals surface area (Å²) in [5, 5.41) is 5.44. The van der Waals surface area contributed by atoms with Crippen molar-refractivity contribution >= 4 is 29.4 Å². The van der Waals surface area contributed by atoms with Gasteiger partial charge in [0, 0.05) is 23.7 Å². The van der Waals surface area contributed by atoms with Gasteiger partial charge in [0.25, 0.3) is 11.8 Å². The fourth-order valence-corrected chi connectivity index (χ4v) is 4.17. The summed E-state index contributed by atoms with van der Waals surface area (Å²) in [6.45, 7) is 1.98. The van der Waals surface area contributed by atoms with Crippen molar-refractivity contribution < 1.29 is 37.0 Å². The Balaban J connectivity index is 1.56. The number of ether oxygens (including phenoxy) is 2. The van der Waals surface area contributed by atoms with Crippen LogP contribution in [0, 0.1) is 5.92 Å². The zero-order valence-electron chi connectivity index (χ0n) is 20.2. The molecule has 0 aromatic heterocycles. The molecule has 200 valence electrons. The second-order valence-electron chi connectivity index (χ2n) is 8.57. The number of amides is 2. The molecule has 1 saturated carbocycles. The third-order valence-electron chi connectivity index (χ3n) is 5.94. The summed E-state index contributed by atoms with van der Waals surface area (Å²) >= 11 is 5.78. The molecule has 1 fully saturated rings. The second-order valence-corrected chi connectivity index (χ2v) is 9.00. The zero-order valence-corrected chi connectivity index (χ0v) is 21.0. The Morgan fingerprint density at radius 3 is 2.16 bits per heavy atom. The van der Waals surface area contributed by atoms with E-state index in [-0.39, 0.29) is 36.8 Å². The second kappa shape index (κ2) is 12.8. The van der Waals surface area contributed by atoms with E-state index in [0.717, 1.165) is 12.1 Å². The highest BCUT2D eigenvalue weighted by Gasteiger charge is 2.36. The van der Waals surface area contributed by atoms with Gasteiger partial charge in [-0.3, -0.25) is 14.4 Å². The summed E-state index contributed by atoms with van der Waals surface area (Å²) in [6, 6.07) is 9.38. The van der Waals surface area contributed by atoms with Gasteiger partial charge in [-0.2, -0.15) is 13.2 Å². The molecule has 0 saturated heterocycles. The highest BCUT2D eigenvalue weighted by Crippen LogP contribution is 2.36. The Morgan fingerprint density at radius 2 is 1.57 bits per heavy atom. The first-order valence-corrected chi connectivity index (χ1v) is 12.3. The van der Waals surface area contributed by atoms with Crippen molar-refractivity contribution in [2.75, 3.05) is 19.7 Å². The Morgan fingerprint density at radius 1 is 0.946 bits per heavy atom. The first-order valence-electron chi connectivity index (χ1n) is 11.9. The molecule has 1 aliphatic rings. The van der Waals surface area contributed by atoms with Crippen LogP contribution < -0.4 is 15.4 Å². The van der Waals surface area contributed by atoms with Gasteiger partial charge < -0.3 is 20.1 Å². The van der Waals surface area contributed by atoms with Crippen LogP contribution in [0.25, 0.3) is 0 Å². The molecule has 0 radical (unpaired) electrons. The Bertz CT molecular complexity index is 1100. The van der Waals surface area contributed by atoms with Crippen LogP contribution >= 0.6 is 11.6 Å². The van der Waals surface area contributed by atoms with Gasteiger partial charge in [0.2, 0.25) is 0 Å². The number of esters is 1. The normalized spacial score (nSPS) is 17.5. The lowest BCUT2D eigenvalue weighted by molar-refractivity contribution is -0.149. The van der Waals surface area contributed by atoms with Gasteiger partial charge in [-0.25, -0.2) is 0 Å². The smallest absolute Gasteiger partial charge is 0.417 e. The molecule has 7 nitrogen and oxygen atoms in total. The van der Waals surface area contributed by atoms with Crippen LogP contribution in [0.1, 0.15) is 58.9 Å². The molecule has 0 heterocycles. The average molecular weight is 541 g/mol. The lowest BCUT2D eigenvalue weighted by Gasteiger charge is -2.28. The Hall–Kier alpha value is -3.27. The van der Waals surface area contributed by atoms with Crippen LogP contribution in [0.2, 0.25) is 5.02 Å². The van der Waals surface area contributed by atoms with Crippen LogP contribution in [0.5, 0.6) is 5.75 Å². The van der Waals surface area contributed by atoms with Gasteiger partial charge in [0.1, 0.15) is 5.75 Å². The van der Waals surface area contributed by atoms with E-state index in [0.29, 0.717) is 42.9 Å². The summed E-state index contributed by atoms with van der Waals surface area (Å²) in [5.41, 5.74) is -1.30. The van der Waals surface area contributed by atoms with E-state index in [1.807, 2.05) is 0 Å². The van der Waals surface area contributed by atoms with Crippen LogP contribution in [-0.4, -0.2) is 43.6 Å². The molecule has 2 N–H and O–H groups in total. The van der Waals surface area contributed by atoms with Gasteiger partial charge in [0.15, 0.2) is 0 Å². The molecule has 2 aromatic carbocycles. The molecule has 0 spiro atoms. The number of benzene rings is 2. The molecule has 0 aliphatic heterocycles. The van der Waals surface area contributed by atoms with E-state index in [4.69, 9.17) is 21.1 Å². The molecule has 2 amide bonds. The standard InChI is InChI=1S/C26H28ClF3N2O5/c1-2-36-25(35)17-5-9-19(10-6-17)37-20-11-12-21(22(15-20)26(28,29)30)24(34)32-14-13-31-23(33)16-3-7-18(27)8-4-16/h3-4,7-8,11-12,15,17,19H,2,5-6,9-10,13-14H2,1H3,(H,31,33)(H,32,34)/t17-,19+. The SMILES string of the molecule is CCOC(=O)[C@H]1CC[C@@H](Oc2ccc(C(=O)NCCNC(=O)c3ccc(Cl)cc3)c(C(F)(F)F)c2)CC1. The van der Waals surface area contributed by atoms with E-state index in [1.54, 1.807) is 19.1 Å². The first-order chi connectivity index (χ1) is 17.6. The molecule has 0 atom stereocenters. The predicted octanol–water partition coefficient (Wildman–Crippen LogP) is 5.02. The van der Waals surface area contributed by atoms with E-state index >= 15 is 0 Å². The summed E-state index contributed by atoms with van der Waals surface area (Å²) in [6.07, 6.45) is -3.04. The zero-order chi connectivity index (χ0) is 27.0. The van der Waals surface area contributed by atoms with Crippen LogP contribution in [0.3, 0.4) is 0 Å². The van der Waals surface area contributed by atoms with Crippen molar-refractivity contribution in [1.29, 1.82) is 0 Å². The van der Waals surface area contributed by atoms with Gasteiger partial charge in [-0.15, -0.1) is 0 Å². The summed E-state index contributed by atoms with van der Waals surface area (Å²) in [5.74, 6) is -1.82. The summed E-state index contributed by atoms with van der Waals surface area (Å²) < 4.78 is 52.0. The van der Waals surface area contributed by atoms with Crippen LogP contribution in [-0.2, 0) is 15.7 Å². The molecular formula is C26H28ClF3N2O5. The van der Waals surface area contributed by atoms with Crippen LogP contribution in [0.4, 0.5) is 13.2 Å². The number of carbonyl (C=O) groups excluding carboxylic acids is 3. The van der Waals surface area contributed by atoms with Gasteiger partial charge in [-0.05, 0) is 75.1 Å². The molecule has 37 heavy (non-hydrogen) atoms. The van der Waals surface area contributed by atoms with Crippen molar-refractivity contribution in [3.05, 3.63) is 64.2 Å². The lowest BCUT2D eigenvalue weighted by atomic mass is 9.87. The fourth-order valence-electron chi connectivity index (χ4n) is 4.05. The van der Waals surface area contributed by atoms with Crippen molar-refractivity contribution in [3.8, 4) is 5.75 Å². The number of halogens is 4. The number of carbonyl (C=O) groups is 3. The minimum absolute atomic E-state index is 0.00122. The number of nitrogens with one attached hydrogen (secondary N) is 2. The van der Waals surface area contributed by atoms with Gasteiger partial charge >= 0.3 is 12.1 Å². The number of hydrogen-bond acceptors (Lipinski definition) is 5. The highest BCUT2D eigenvalue weighted by molar-refractivity contribution is 6.30. The monoisotopic (exact) mass is 540 g/mol. The lowest BCUT2D eigenvalue weighted by Crippen LogP contribution is -2.35. The van der Waals surface area contributed by atoms with Crippen molar-refractivity contribution in [1.82, 2.24) is 10.6 Å². The minimum atomic E-state index is -4.78. The molecule has 1 aliphatic carbocycles. The fraction of sp³-hybridized carbons (Fsp3) is 0.423. The third-order valence-corrected chi connectivity index (χ3v) is 6.19. The first kappa shape index (κ1) is 28.3. The molecule has 2 aromatic rings. The van der Waals surface area contributed by atoms with E-state index in [2.05, 4.69) is 10.6 Å². The maximum absolute atomic E-state index is 13.7. The molecule has 0 bridgehead atoms. The number of alkyl halides is 3. The maximum atomic E-state index is 13.7. The third kappa shape index (κ3) is 8.11. The Kier molecular flexibility index (Phi) is 9.79. The van der Waals surface area contributed by atoms with Gasteiger partial charge in [0.05, 0.1) is 29.8 Å². The van der Waals surface area contributed by atoms with Gasteiger partial charge in [-0.1, -0.05) is 11.6 Å². The minimum Gasteiger partial charge on any atom is -0.490 e. The van der Waals surface area contributed by atoms with Crippen LogP contribution in [0.15, 0.2) is 42.5 Å². The molecular weight excluding hydrogens is 513 g/mol. The van der Waals surface area contributed by atoms with Crippen molar-refractivity contribution in [2.24, 2.45) is 5.92 Å². The predicted molar refractivity (Wildman–Crippen MR) is 131 cm³/mol. The van der Waals surface area contributed by atoms with Crippen molar-refractivity contribution in [3.63, 3.8) is 0 Å². The molecule has 3 rings (SSSR count). The quantitative estimate of drug-likeness (QED) is 0.344. The largest absolute Gasteiger partial charge is 0.490 e. The number of rotatable bonds is 9. The maximum Gasteiger partial charge on any atom is 0.417 e. The average Bonchev–Trinajstić information content (AvgIpc) is 2.87. The topological polar surface area (TPSA) is 93.7 Å². The summed E-state index contributed by atoms with van der Waals surface area (Å²) in [4.78, 5) is 36.5. The van der Waals surface area contributed by atoms with E-state index < -0.39 is 29.1 Å².